The molecule has 4 nitrogen and oxygen atoms in total. The molecule has 0 saturated heterocycles. The molecule has 0 radical (unpaired) electrons. The van der Waals surface area contributed by atoms with Crippen molar-refractivity contribution in [1.82, 2.24) is 9.97 Å². The highest BCUT2D eigenvalue weighted by Gasteiger charge is 2.14. The van der Waals surface area contributed by atoms with Gasteiger partial charge in [0.1, 0.15) is 11.9 Å². The van der Waals surface area contributed by atoms with Crippen LogP contribution in [0.2, 0.25) is 0 Å². The predicted molar refractivity (Wildman–Crippen MR) is 105 cm³/mol. The number of nitriles is 1. The molecule has 132 valence electrons. The minimum atomic E-state index is 0.662. The summed E-state index contributed by atoms with van der Waals surface area (Å²) in [5.41, 5.74) is 5.09. The second-order valence-corrected chi connectivity index (χ2v) is 7.02. The summed E-state index contributed by atoms with van der Waals surface area (Å²) in [7, 11) is 1.66. The van der Waals surface area contributed by atoms with Crippen molar-refractivity contribution in [2.24, 2.45) is 0 Å². The molecule has 3 rings (SSSR count). The normalized spacial score (nSPS) is 10.5. The number of methoxy groups -OCH3 is 1. The highest BCUT2D eigenvalue weighted by Crippen LogP contribution is 2.30. The molecular weight excluding hydrogens is 342 g/mol. The molecule has 3 aromatic rings. The number of hydrogen-bond donors (Lipinski definition) is 0. The molecule has 0 aliphatic rings. The van der Waals surface area contributed by atoms with E-state index in [1.165, 1.54) is 5.56 Å². The summed E-state index contributed by atoms with van der Waals surface area (Å²) >= 11 is 1.59. The van der Waals surface area contributed by atoms with Crippen molar-refractivity contribution in [3.05, 3.63) is 63.9 Å². The standard InChI is InChI=1S/C21H21N3OS/c1-4-5-19-18(21(25-3)24-14(2)23-19)12-15-6-8-16(9-7-15)20-17(13-22)10-11-26-20/h6-11H,4-5,12H2,1-3H3. The van der Waals surface area contributed by atoms with Crippen molar-refractivity contribution < 1.29 is 4.74 Å². The Bertz CT molecular complexity index is 939. The Morgan fingerprint density at radius 1 is 1.15 bits per heavy atom. The second-order valence-electron chi connectivity index (χ2n) is 6.10. The zero-order chi connectivity index (χ0) is 18.5. The van der Waals surface area contributed by atoms with Crippen molar-refractivity contribution in [2.45, 2.75) is 33.1 Å². The Balaban J connectivity index is 1.91. The van der Waals surface area contributed by atoms with E-state index < -0.39 is 0 Å². The van der Waals surface area contributed by atoms with E-state index in [9.17, 15) is 5.26 Å². The molecule has 0 saturated carbocycles. The zero-order valence-electron chi connectivity index (χ0n) is 15.2. The average Bonchev–Trinajstić information content (AvgIpc) is 3.13. The van der Waals surface area contributed by atoms with E-state index in [0.717, 1.165) is 52.3 Å². The van der Waals surface area contributed by atoms with E-state index >= 15 is 0 Å². The smallest absolute Gasteiger partial charge is 0.220 e. The van der Waals surface area contributed by atoms with Crippen molar-refractivity contribution in [2.75, 3.05) is 7.11 Å². The van der Waals surface area contributed by atoms with Crippen LogP contribution in [0.25, 0.3) is 10.4 Å². The highest BCUT2D eigenvalue weighted by molar-refractivity contribution is 7.13. The topological polar surface area (TPSA) is 58.8 Å². The lowest BCUT2D eigenvalue weighted by Gasteiger charge is -2.13. The van der Waals surface area contributed by atoms with Crippen LogP contribution in [0.5, 0.6) is 5.88 Å². The molecule has 2 heterocycles. The molecule has 0 aliphatic carbocycles. The Morgan fingerprint density at radius 2 is 1.92 bits per heavy atom. The first kappa shape index (κ1) is 18.1. The molecule has 5 heteroatoms. The Hall–Kier alpha value is -2.71. The van der Waals surface area contributed by atoms with E-state index in [2.05, 4.69) is 47.2 Å². The molecule has 26 heavy (non-hydrogen) atoms. The van der Waals surface area contributed by atoms with Crippen LogP contribution in [-0.2, 0) is 12.8 Å². The summed E-state index contributed by atoms with van der Waals surface area (Å²) in [6.07, 6.45) is 2.67. The van der Waals surface area contributed by atoms with Gasteiger partial charge in [-0.25, -0.2) is 4.98 Å². The summed E-state index contributed by atoms with van der Waals surface area (Å²) in [5, 5.41) is 11.2. The van der Waals surface area contributed by atoms with Crippen LogP contribution < -0.4 is 4.74 Å². The fourth-order valence-corrected chi connectivity index (χ4v) is 3.87. The van der Waals surface area contributed by atoms with Crippen LogP contribution in [0.1, 0.15) is 41.6 Å². The maximum atomic E-state index is 9.21. The van der Waals surface area contributed by atoms with Gasteiger partial charge in [-0.15, -0.1) is 11.3 Å². The van der Waals surface area contributed by atoms with E-state index in [-0.39, 0.29) is 0 Å². The number of nitrogens with zero attached hydrogens (tertiary/aromatic N) is 3. The van der Waals surface area contributed by atoms with E-state index in [1.54, 1.807) is 18.4 Å². The molecule has 0 fully saturated rings. The lowest BCUT2D eigenvalue weighted by Crippen LogP contribution is -2.07. The highest BCUT2D eigenvalue weighted by atomic mass is 32.1. The molecule has 0 N–H and O–H groups in total. The number of hydrogen-bond acceptors (Lipinski definition) is 5. The molecule has 1 aromatic carbocycles. The van der Waals surface area contributed by atoms with Gasteiger partial charge in [0.05, 0.1) is 23.2 Å². The third-order valence-corrected chi connectivity index (χ3v) is 5.19. The summed E-state index contributed by atoms with van der Waals surface area (Å²) in [4.78, 5) is 10.1. The average molecular weight is 363 g/mol. The molecule has 2 aromatic heterocycles. The molecule has 0 spiro atoms. The lowest BCUT2D eigenvalue weighted by molar-refractivity contribution is 0.389. The molecule has 0 bridgehead atoms. The summed E-state index contributed by atoms with van der Waals surface area (Å²) in [6, 6.07) is 12.5. The van der Waals surface area contributed by atoms with Gasteiger partial charge in [-0.2, -0.15) is 10.2 Å². The van der Waals surface area contributed by atoms with Gasteiger partial charge in [-0.1, -0.05) is 37.6 Å². The van der Waals surface area contributed by atoms with Crippen LogP contribution in [0.4, 0.5) is 0 Å². The minimum Gasteiger partial charge on any atom is -0.481 e. The number of benzene rings is 1. The van der Waals surface area contributed by atoms with Crippen molar-refractivity contribution in [3.8, 4) is 22.4 Å². The van der Waals surface area contributed by atoms with Gasteiger partial charge >= 0.3 is 0 Å². The van der Waals surface area contributed by atoms with Gasteiger partial charge in [0.2, 0.25) is 5.88 Å². The molecular formula is C21H21N3OS. The Morgan fingerprint density at radius 3 is 2.58 bits per heavy atom. The van der Waals surface area contributed by atoms with Gasteiger partial charge < -0.3 is 4.74 Å². The van der Waals surface area contributed by atoms with E-state index in [4.69, 9.17) is 4.74 Å². The second kappa shape index (κ2) is 8.11. The van der Waals surface area contributed by atoms with Crippen LogP contribution in [0.3, 0.4) is 0 Å². The van der Waals surface area contributed by atoms with Gasteiger partial charge in [0.15, 0.2) is 0 Å². The fraction of sp³-hybridized carbons (Fsp3) is 0.286. The quantitative estimate of drug-likeness (QED) is 0.622. The molecule has 0 unspecified atom stereocenters. The van der Waals surface area contributed by atoms with Crippen LogP contribution in [-0.4, -0.2) is 17.1 Å². The van der Waals surface area contributed by atoms with Crippen LogP contribution >= 0.6 is 11.3 Å². The number of aromatic nitrogens is 2. The van der Waals surface area contributed by atoms with Crippen LogP contribution in [0, 0.1) is 18.3 Å². The first-order valence-electron chi connectivity index (χ1n) is 8.63. The molecule has 0 amide bonds. The lowest BCUT2D eigenvalue weighted by atomic mass is 10.00. The van der Waals surface area contributed by atoms with Gasteiger partial charge in [-0.05, 0) is 35.9 Å². The largest absolute Gasteiger partial charge is 0.481 e. The monoisotopic (exact) mass is 363 g/mol. The summed E-state index contributed by atoms with van der Waals surface area (Å²) in [5.74, 6) is 1.40. The first-order valence-corrected chi connectivity index (χ1v) is 9.51. The SMILES string of the molecule is CCCc1nc(C)nc(OC)c1Cc1ccc(-c2sccc2C#N)cc1. The predicted octanol–water partition coefficient (Wildman–Crippen LogP) is 4.94. The third kappa shape index (κ3) is 3.76. The number of aryl methyl sites for hydroxylation is 2. The number of ether oxygens (including phenoxy) is 1. The summed E-state index contributed by atoms with van der Waals surface area (Å²) < 4.78 is 5.51. The minimum absolute atomic E-state index is 0.662. The van der Waals surface area contributed by atoms with Gasteiger partial charge in [-0.3, -0.25) is 0 Å². The maximum absolute atomic E-state index is 9.21. The maximum Gasteiger partial charge on any atom is 0.220 e. The van der Waals surface area contributed by atoms with Crippen LogP contribution in [0.15, 0.2) is 35.7 Å². The van der Waals surface area contributed by atoms with Gasteiger partial charge in [0, 0.05) is 12.0 Å². The fourth-order valence-electron chi connectivity index (χ4n) is 3.01. The molecule has 0 aliphatic heterocycles. The first-order chi connectivity index (χ1) is 12.7. The Kier molecular flexibility index (Phi) is 5.65. The third-order valence-electron chi connectivity index (χ3n) is 4.23. The number of rotatable bonds is 6. The zero-order valence-corrected chi connectivity index (χ0v) is 16.1. The van der Waals surface area contributed by atoms with Crippen molar-refractivity contribution in [3.63, 3.8) is 0 Å². The summed E-state index contributed by atoms with van der Waals surface area (Å²) in [6.45, 7) is 4.05. The Labute approximate surface area is 158 Å². The molecule has 0 atom stereocenters. The van der Waals surface area contributed by atoms with E-state index in [0.29, 0.717) is 5.88 Å². The van der Waals surface area contributed by atoms with E-state index in [1.807, 2.05) is 18.4 Å². The number of thiophene rings is 1. The van der Waals surface area contributed by atoms with Crippen molar-refractivity contribution >= 4 is 11.3 Å². The van der Waals surface area contributed by atoms with Crippen molar-refractivity contribution in [1.29, 1.82) is 5.26 Å². The van der Waals surface area contributed by atoms with Gasteiger partial charge in [0.25, 0.3) is 0 Å².